The molecule has 0 atom stereocenters. The lowest BCUT2D eigenvalue weighted by Gasteiger charge is -2.17. The second-order valence-electron chi connectivity index (χ2n) is 8.29. The molecule has 0 saturated heterocycles. The molecule has 0 heterocycles. The van der Waals surface area contributed by atoms with E-state index in [-0.39, 0.29) is 6.42 Å². The van der Waals surface area contributed by atoms with Gasteiger partial charge >= 0.3 is 5.97 Å². The van der Waals surface area contributed by atoms with Gasteiger partial charge in [-0.25, -0.2) is 0 Å². The monoisotopic (exact) mass is 417 g/mol. The van der Waals surface area contributed by atoms with Crippen molar-refractivity contribution in [3.05, 3.63) is 35.9 Å². The number of nitrogens with zero attached hydrogens (tertiary/aromatic N) is 1. The van der Waals surface area contributed by atoms with E-state index >= 15 is 0 Å². The molecule has 170 valence electrons. The van der Waals surface area contributed by atoms with Crippen LogP contribution in [-0.2, 0) is 11.2 Å². The molecule has 30 heavy (non-hydrogen) atoms. The fourth-order valence-electron chi connectivity index (χ4n) is 3.62. The van der Waals surface area contributed by atoms with E-state index in [0.717, 1.165) is 30.0 Å². The predicted octanol–water partition coefficient (Wildman–Crippen LogP) is 6.58. The molecule has 1 rings (SSSR count). The van der Waals surface area contributed by atoms with Crippen LogP contribution in [0.3, 0.4) is 0 Å². The summed E-state index contributed by atoms with van der Waals surface area (Å²) in [5.41, 5.74) is 1.95. The van der Waals surface area contributed by atoms with Crippen molar-refractivity contribution in [2.45, 2.75) is 84.0 Å². The van der Waals surface area contributed by atoms with E-state index < -0.39 is 5.97 Å². The second kappa shape index (κ2) is 16.9. The molecule has 0 aromatic heterocycles. The van der Waals surface area contributed by atoms with Crippen LogP contribution < -0.4 is 4.74 Å². The van der Waals surface area contributed by atoms with Gasteiger partial charge in [0.25, 0.3) is 0 Å². The van der Waals surface area contributed by atoms with Crippen LogP contribution in [0.1, 0.15) is 88.7 Å². The van der Waals surface area contributed by atoms with Crippen molar-refractivity contribution in [3.8, 4) is 5.75 Å². The SMILES string of the molecule is C=Cc1cc(OCCN(C)CCCCCCCCCCCC)ccc1CCC(=O)O. The van der Waals surface area contributed by atoms with Crippen molar-refractivity contribution < 1.29 is 14.6 Å². The molecule has 4 nitrogen and oxygen atoms in total. The molecule has 0 spiro atoms. The number of hydrogen-bond donors (Lipinski definition) is 1. The summed E-state index contributed by atoms with van der Waals surface area (Å²) in [5, 5.41) is 8.86. The molecule has 0 aliphatic rings. The molecular weight excluding hydrogens is 374 g/mol. The standard InChI is InChI=1S/C26H43NO3/c1-4-6-7-8-9-10-11-12-13-14-19-27(3)20-21-30-25-17-15-24(16-18-26(28)29)23(5-2)22-25/h5,15,17,22H,2,4,6-14,16,18-21H2,1,3H3,(H,28,29). The number of aliphatic carboxylic acids is 1. The van der Waals surface area contributed by atoms with Gasteiger partial charge in [-0.3, -0.25) is 4.79 Å². The highest BCUT2D eigenvalue weighted by Crippen LogP contribution is 2.20. The van der Waals surface area contributed by atoms with Gasteiger partial charge in [0.2, 0.25) is 0 Å². The Bertz CT molecular complexity index is 600. The van der Waals surface area contributed by atoms with E-state index in [0.29, 0.717) is 13.0 Å². The Morgan fingerprint density at radius 2 is 1.67 bits per heavy atom. The molecule has 0 aliphatic heterocycles. The minimum absolute atomic E-state index is 0.130. The van der Waals surface area contributed by atoms with E-state index in [1.54, 1.807) is 6.08 Å². The van der Waals surface area contributed by atoms with Gasteiger partial charge in [-0.2, -0.15) is 0 Å². The minimum atomic E-state index is -0.782. The normalized spacial score (nSPS) is 11.0. The van der Waals surface area contributed by atoms with Crippen LogP contribution in [0, 0.1) is 0 Å². The highest BCUT2D eigenvalue weighted by Gasteiger charge is 2.06. The zero-order chi connectivity index (χ0) is 22.0. The van der Waals surface area contributed by atoms with Crippen molar-refractivity contribution >= 4 is 12.0 Å². The zero-order valence-corrected chi connectivity index (χ0v) is 19.3. The summed E-state index contributed by atoms with van der Waals surface area (Å²) in [6.07, 6.45) is 16.1. The number of rotatable bonds is 19. The van der Waals surface area contributed by atoms with Gasteiger partial charge in [0, 0.05) is 13.0 Å². The van der Waals surface area contributed by atoms with E-state index in [1.165, 1.54) is 64.2 Å². The summed E-state index contributed by atoms with van der Waals surface area (Å²) >= 11 is 0. The lowest BCUT2D eigenvalue weighted by Crippen LogP contribution is -2.25. The van der Waals surface area contributed by atoms with Gasteiger partial charge in [0.05, 0.1) is 0 Å². The van der Waals surface area contributed by atoms with Crippen LogP contribution in [0.25, 0.3) is 6.08 Å². The van der Waals surface area contributed by atoms with Crippen LogP contribution in [0.2, 0.25) is 0 Å². The van der Waals surface area contributed by atoms with E-state index in [4.69, 9.17) is 9.84 Å². The third-order valence-electron chi connectivity index (χ3n) is 5.58. The smallest absolute Gasteiger partial charge is 0.303 e. The van der Waals surface area contributed by atoms with E-state index in [2.05, 4.69) is 25.5 Å². The van der Waals surface area contributed by atoms with Gasteiger partial charge in [-0.1, -0.05) is 83.4 Å². The maximum Gasteiger partial charge on any atom is 0.303 e. The fourth-order valence-corrected chi connectivity index (χ4v) is 3.62. The van der Waals surface area contributed by atoms with Crippen LogP contribution in [0.5, 0.6) is 5.75 Å². The third kappa shape index (κ3) is 12.7. The minimum Gasteiger partial charge on any atom is -0.492 e. The number of carboxylic acids is 1. The third-order valence-corrected chi connectivity index (χ3v) is 5.58. The molecule has 4 heteroatoms. The number of carbonyl (C=O) groups is 1. The molecule has 0 radical (unpaired) electrons. The van der Waals surface area contributed by atoms with Crippen LogP contribution in [0.15, 0.2) is 24.8 Å². The molecule has 1 aromatic rings. The first-order valence-corrected chi connectivity index (χ1v) is 11.8. The lowest BCUT2D eigenvalue weighted by molar-refractivity contribution is -0.136. The molecule has 0 aliphatic carbocycles. The summed E-state index contributed by atoms with van der Waals surface area (Å²) in [7, 11) is 2.15. The number of hydrogen-bond acceptors (Lipinski definition) is 3. The Labute approximate surface area is 184 Å². The number of benzene rings is 1. The summed E-state index contributed by atoms with van der Waals surface area (Å²) in [6.45, 7) is 8.78. The molecule has 1 N–H and O–H groups in total. The average Bonchev–Trinajstić information content (AvgIpc) is 2.73. The maximum atomic E-state index is 10.8. The first kappa shape index (κ1) is 26.2. The fraction of sp³-hybridized carbons (Fsp3) is 0.654. The predicted molar refractivity (Wildman–Crippen MR) is 127 cm³/mol. The Hall–Kier alpha value is -1.81. The van der Waals surface area contributed by atoms with Crippen LogP contribution in [-0.4, -0.2) is 42.7 Å². The molecule has 0 unspecified atom stereocenters. The van der Waals surface area contributed by atoms with Crippen molar-refractivity contribution in [1.29, 1.82) is 0 Å². The highest BCUT2D eigenvalue weighted by atomic mass is 16.5. The van der Waals surface area contributed by atoms with Gasteiger partial charge in [0.1, 0.15) is 12.4 Å². The van der Waals surface area contributed by atoms with Gasteiger partial charge in [0.15, 0.2) is 0 Å². The summed E-state index contributed by atoms with van der Waals surface area (Å²) < 4.78 is 5.89. The lowest BCUT2D eigenvalue weighted by atomic mass is 10.0. The molecule has 1 aromatic carbocycles. The second-order valence-corrected chi connectivity index (χ2v) is 8.29. The number of unbranched alkanes of at least 4 members (excludes halogenated alkanes) is 9. The van der Waals surface area contributed by atoms with E-state index in [1.807, 2.05) is 18.2 Å². The summed E-state index contributed by atoms with van der Waals surface area (Å²) in [6, 6.07) is 5.82. The first-order chi connectivity index (χ1) is 14.6. The van der Waals surface area contributed by atoms with Gasteiger partial charge < -0.3 is 14.7 Å². The number of ether oxygens (including phenoxy) is 1. The quantitative estimate of drug-likeness (QED) is 0.258. The molecule has 0 saturated carbocycles. The topological polar surface area (TPSA) is 49.8 Å². The summed E-state index contributed by atoms with van der Waals surface area (Å²) in [5.74, 6) is 0.0343. The largest absolute Gasteiger partial charge is 0.492 e. The average molecular weight is 418 g/mol. The Morgan fingerprint density at radius 3 is 2.27 bits per heavy atom. The zero-order valence-electron chi connectivity index (χ0n) is 19.3. The summed E-state index contributed by atoms with van der Waals surface area (Å²) in [4.78, 5) is 13.1. The molecule has 0 amide bonds. The van der Waals surface area contributed by atoms with Crippen molar-refractivity contribution in [2.24, 2.45) is 0 Å². The van der Waals surface area contributed by atoms with Gasteiger partial charge in [-0.05, 0) is 49.7 Å². The first-order valence-electron chi connectivity index (χ1n) is 11.8. The Morgan fingerprint density at radius 1 is 1.03 bits per heavy atom. The molecule has 0 bridgehead atoms. The van der Waals surface area contributed by atoms with Crippen molar-refractivity contribution in [2.75, 3.05) is 26.7 Å². The van der Waals surface area contributed by atoms with Crippen molar-refractivity contribution in [3.63, 3.8) is 0 Å². The number of likely N-dealkylation sites (N-methyl/N-ethyl adjacent to an activating group) is 1. The molecule has 0 fully saturated rings. The van der Waals surface area contributed by atoms with Gasteiger partial charge in [-0.15, -0.1) is 0 Å². The Balaban J connectivity index is 2.12. The van der Waals surface area contributed by atoms with Crippen molar-refractivity contribution in [1.82, 2.24) is 4.90 Å². The Kier molecular flexibility index (Phi) is 14.8. The number of carboxylic acid groups (broad SMARTS) is 1. The van der Waals surface area contributed by atoms with E-state index in [9.17, 15) is 4.79 Å². The van der Waals surface area contributed by atoms with Crippen LogP contribution >= 0.6 is 0 Å². The highest BCUT2D eigenvalue weighted by molar-refractivity contribution is 5.67. The number of aryl methyl sites for hydroxylation is 1. The van der Waals surface area contributed by atoms with Crippen LogP contribution in [0.4, 0.5) is 0 Å². The molecular formula is C26H43NO3. The maximum absolute atomic E-state index is 10.8.